The molecule has 0 atom stereocenters. The molecule has 0 spiro atoms. The van der Waals surface area contributed by atoms with Gasteiger partial charge in [-0.2, -0.15) is 0 Å². The van der Waals surface area contributed by atoms with Gasteiger partial charge in [-0.05, 0) is 26.0 Å². The molecule has 0 aliphatic carbocycles. The van der Waals surface area contributed by atoms with Crippen LogP contribution in [0.25, 0.3) is 0 Å². The van der Waals surface area contributed by atoms with Crippen LogP contribution in [-0.2, 0) is 9.63 Å². The molecule has 0 aromatic heterocycles. The van der Waals surface area contributed by atoms with Gasteiger partial charge in [0.05, 0.1) is 0 Å². The third-order valence-electron chi connectivity index (χ3n) is 4.32. The van der Waals surface area contributed by atoms with E-state index in [4.69, 9.17) is 14.3 Å². The highest BCUT2D eigenvalue weighted by Crippen LogP contribution is 2.19. The Morgan fingerprint density at radius 1 is 0.800 bits per heavy atom. The Kier molecular flexibility index (Phi) is 7.22. The highest BCUT2D eigenvalue weighted by Gasteiger charge is 2.08. The molecule has 3 aromatic carbocycles. The zero-order chi connectivity index (χ0) is 21.3. The number of rotatable bonds is 8. The highest BCUT2D eigenvalue weighted by atomic mass is 16.6. The Morgan fingerprint density at radius 2 is 1.37 bits per heavy atom. The van der Waals surface area contributed by atoms with Crippen molar-refractivity contribution < 1.29 is 19.1 Å². The monoisotopic (exact) mass is 403 g/mol. The van der Waals surface area contributed by atoms with Crippen molar-refractivity contribution in [3.63, 3.8) is 0 Å². The predicted octanol–water partition coefficient (Wildman–Crippen LogP) is 5.08. The molecule has 5 nitrogen and oxygen atoms in total. The topological polar surface area (TPSA) is 57.1 Å². The normalized spacial score (nSPS) is 10.2. The zero-order valence-electron chi connectivity index (χ0n) is 17.4. The van der Waals surface area contributed by atoms with Crippen LogP contribution in [-0.4, -0.2) is 24.9 Å². The molecule has 0 heterocycles. The Balaban J connectivity index is 1.64. The van der Waals surface area contributed by atoms with E-state index < -0.39 is 0 Å². The maximum atomic E-state index is 11.1. The van der Waals surface area contributed by atoms with Crippen molar-refractivity contribution in [1.82, 2.24) is 0 Å². The molecule has 0 aliphatic rings. The van der Waals surface area contributed by atoms with Crippen molar-refractivity contribution in [2.45, 2.75) is 20.8 Å². The standard InChI is InChI=1S/C25H25NO4/c1-18-7-11-21(12-8-18)25(22-13-9-19(2)10-14-22)26-29-16-15-28-23-5-4-6-24(17-23)30-20(3)27/h4-14,17H,15-16H2,1-3H3. The first kappa shape index (κ1) is 21.1. The largest absolute Gasteiger partial charge is 0.490 e. The molecule has 3 rings (SSSR count). The van der Waals surface area contributed by atoms with Crippen LogP contribution < -0.4 is 9.47 Å². The lowest BCUT2D eigenvalue weighted by molar-refractivity contribution is -0.131. The minimum absolute atomic E-state index is 0.277. The van der Waals surface area contributed by atoms with Crippen LogP contribution in [0, 0.1) is 13.8 Å². The van der Waals surface area contributed by atoms with Gasteiger partial charge in [-0.3, -0.25) is 4.79 Å². The lowest BCUT2D eigenvalue weighted by atomic mass is 10.0. The van der Waals surface area contributed by atoms with Gasteiger partial charge in [-0.25, -0.2) is 0 Å². The van der Waals surface area contributed by atoms with Crippen LogP contribution in [0.5, 0.6) is 11.5 Å². The van der Waals surface area contributed by atoms with Crippen molar-refractivity contribution in [2.24, 2.45) is 5.16 Å². The first-order valence-corrected chi connectivity index (χ1v) is 9.76. The van der Waals surface area contributed by atoms with E-state index in [1.54, 1.807) is 24.3 Å². The van der Waals surface area contributed by atoms with Gasteiger partial charge in [0.15, 0.2) is 6.61 Å². The summed E-state index contributed by atoms with van der Waals surface area (Å²) in [6.45, 7) is 6.05. The molecule has 0 aliphatic heterocycles. The highest BCUT2D eigenvalue weighted by molar-refractivity contribution is 6.12. The maximum Gasteiger partial charge on any atom is 0.308 e. The number of aryl methyl sites for hydroxylation is 2. The SMILES string of the molecule is CC(=O)Oc1cccc(OCCON=C(c2ccc(C)cc2)c2ccc(C)cc2)c1. The quantitative estimate of drug-likeness (QED) is 0.173. The van der Waals surface area contributed by atoms with Gasteiger partial charge in [0.2, 0.25) is 0 Å². The van der Waals surface area contributed by atoms with Gasteiger partial charge < -0.3 is 14.3 Å². The van der Waals surface area contributed by atoms with Gasteiger partial charge in [-0.15, -0.1) is 0 Å². The van der Waals surface area contributed by atoms with Crippen LogP contribution in [0.15, 0.2) is 78.0 Å². The Labute approximate surface area is 176 Å². The van der Waals surface area contributed by atoms with E-state index in [2.05, 4.69) is 43.3 Å². The average molecular weight is 403 g/mol. The molecule has 0 unspecified atom stereocenters. The van der Waals surface area contributed by atoms with Gasteiger partial charge in [0, 0.05) is 24.1 Å². The average Bonchev–Trinajstić information content (AvgIpc) is 2.72. The molecule has 3 aromatic rings. The van der Waals surface area contributed by atoms with Crippen molar-refractivity contribution in [3.8, 4) is 11.5 Å². The van der Waals surface area contributed by atoms with E-state index in [1.165, 1.54) is 18.1 Å². The van der Waals surface area contributed by atoms with Crippen molar-refractivity contribution in [1.29, 1.82) is 0 Å². The Hall–Kier alpha value is -3.60. The number of oxime groups is 1. The molecule has 0 fully saturated rings. The number of esters is 1. The van der Waals surface area contributed by atoms with Gasteiger partial charge in [-0.1, -0.05) is 70.9 Å². The van der Waals surface area contributed by atoms with E-state index in [9.17, 15) is 4.79 Å². The summed E-state index contributed by atoms with van der Waals surface area (Å²) in [6.07, 6.45) is 0. The van der Waals surface area contributed by atoms with Gasteiger partial charge >= 0.3 is 5.97 Å². The zero-order valence-corrected chi connectivity index (χ0v) is 17.4. The number of carbonyl (C=O) groups is 1. The van der Waals surface area contributed by atoms with E-state index in [0.29, 0.717) is 18.1 Å². The molecule has 0 bridgehead atoms. The minimum Gasteiger partial charge on any atom is -0.490 e. The molecule has 0 amide bonds. The van der Waals surface area contributed by atoms with Gasteiger partial charge in [0.1, 0.15) is 23.8 Å². The van der Waals surface area contributed by atoms with E-state index >= 15 is 0 Å². The number of hydrogen-bond donors (Lipinski definition) is 0. The fourth-order valence-electron chi connectivity index (χ4n) is 2.80. The molecule has 5 heteroatoms. The van der Waals surface area contributed by atoms with Crippen LogP contribution in [0.1, 0.15) is 29.2 Å². The number of benzene rings is 3. The summed E-state index contributed by atoms with van der Waals surface area (Å²) in [4.78, 5) is 16.6. The first-order valence-electron chi connectivity index (χ1n) is 9.76. The summed E-state index contributed by atoms with van der Waals surface area (Å²) >= 11 is 0. The van der Waals surface area contributed by atoms with E-state index in [0.717, 1.165) is 16.8 Å². The lowest BCUT2D eigenvalue weighted by Gasteiger charge is -2.10. The third kappa shape index (κ3) is 6.21. The van der Waals surface area contributed by atoms with E-state index in [1.807, 2.05) is 24.3 Å². The smallest absolute Gasteiger partial charge is 0.308 e. The minimum atomic E-state index is -0.371. The number of nitrogens with zero attached hydrogens (tertiary/aromatic N) is 1. The first-order chi connectivity index (χ1) is 14.5. The molecule has 30 heavy (non-hydrogen) atoms. The lowest BCUT2D eigenvalue weighted by Crippen LogP contribution is -2.08. The number of hydrogen-bond acceptors (Lipinski definition) is 5. The van der Waals surface area contributed by atoms with Crippen molar-refractivity contribution >= 4 is 11.7 Å². The second-order valence-electron chi connectivity index (χ2n) is 6.92. The fourth-order valence-corrected chi connectivity index (χ4v) is 2.80. The number of ether oxygens (including phenoxy) is 2. The molecular formula is C25H25NO4. The molecule has 0 saturated carbocycles. The second-order valence-corrected chi connectivity index (χ2v) is 6.92. The van der Waals surface area contributed by atoms with E-state index in [-0.39, 0.29) is 12.6 Å². The molecule has 154 valence electrons. The third-order valence-corrected chi connectivity index (χ3v) is 4.32. The summed E-state index contributed by atoms with van der Waals surface area (Å²) in [6, 6.07) is 23.3. The molecule has 0 saturated heterocycles. The summed E-state index contributed by atoms with van der Waals surface area (Å²) in [7, 11) is 0. The van der Waals surface area contributed by atoms with Crippen LogP contribution in [0.3, 0.4) is 0 Å². The predicted molar refractivity (Wildman–Crippen MR) is 117 cm³/mol. The molecule has 0 N–H and O–H groups in total. The fraction of sp³-hybridized carbons (Fsp3) is 0.200. The Morgan fingerprint density at radius 3 is 1.93 bits per heavy atom. The maximum absolute atomic E-state index is 11.1. The summed E-state index contributed by atoms with van der Waals surface area (Å²) in [5.41, 5.74) is 5.12. The van der Waals surface area contributed by atoms with Crippen LogP contribution in [0.4, 0.5) is 0 Å². The number of carbonyl (C=O) groups excluding carboxylic acids is 1. The van der Waals surface area contributed by atoms with Crippen molar-refractivity contribution in [3.05, 3.63) is 95.1 Å². The summed E-state index contributed by atoms with van der Waals surface area (Å²) in [5.74, 6) is 0.670. The molecule has 0 radical (unpaired) electrons. The summed E-state index contributed by atoms with van der Waals surface area (Å²) in [5, 5.41) is 4.38. The summed E-state index contributed by atoms with van der Waals surface area (Å²) < 4.78 is 10.7. The Bertz CT molecular complexity index is 961. The van der Waals surface area contributed by atoms with Crippen LogP contribution >= 0.6 is 0 Å². The van der Waals surface area contributed by atoms with Crippen molar-refractivity contribution in [2.75, 3.05) is 13.2 Å². The van der Waals surface area contributed by atoms with Crippen LogP contribution in [0.2, 0.25) is 0 Å². The van der Waals surface area contributed by atoms with Gasteiger partial charge in [0.25, 0.3) is 0 Å². The molecular weight excluding hydrogens is 378 g/mol. The second kappa shape index (κ2) is 10.3.